The molecule has 0 aliphatic heterocycles. The molecule has 0 atom stereocenters. The fraction of sp³-hybridized carbons (Fsp3) is 0. The van der Waals surface area contributed by atoms with Gasteiger partial charge in [-0.15, -0.1) is 0 Å². The first-order valence-corrected chi connectivity index (χ1v) is 1.84. The summed E-state index contributed by atoms with van der Waals surface area (Å²) >= 11 is 12.5. The molecule has 0 aliphatic carbocycles. The molecule has 0 saturated heterocycles. The van der Waals surface area contributed by atoms with Crippen molar-refractivity contribution in [3.63, 3.8) is 0 Å². The van der Waals surface area contributed by atoms with E-state index < -0.39 is 0 Å². The van der Waals surface area contributed by atoms with E-state index in [0.29, 0.717) is 0 Å². The molecule has 0 amide bonds. The summed E-state index contributed by atoms with van der Waals surface area (Å²) in [5.41, 5.74) is 0. The van der Waals surface area contributed by atoms with Gasteiger partial charge in [-0.3, -0.25) is 3.53 Å². The van der Waals surface area contributed by atoms with Crippen LogP contribution < -0.4 is 0 Å². The Bertz CT molecular complexity index is 29.9. The number of rotatable bonds is 0. The van der Waals surface area contributed by atoms with Crippen molar-refractivity contribution in [3.8, 4) is 0 Å². The zero-order valence-corrected chi connectivity index (χ0v) is 6.30. The molecule has 0 aromatic rings. The largest absolute Gasteiger partial charge is 2.00 e. The van der Waals surface area contributed by atoms with Crippen LogP contribution in [0.3, 0.4) is 0 Å². The van der Waals surface area contributed by atoms with Crippen LogP contribution in [0.25, 0.3) is 0 Å². The first-order valence-electron chi connectivity index (χ1n) is 0.612. The third-order valence-corrected chi connectivity index (χ3v) is 0. The van der Waals surface area contributed by atoms with Gasteiger partial charge in [0.25, 0.3) is 0 Å². The van der Waals surface area contributed by atoms with Crippen LogP contribution in [0.2, 0.25) is 0 Å². The van der Waals surface area contributed by atoms with Crippen molar-refractivity contribution in [1.29, 1.82) is 0 Å². The van der Waals surface area contributed by atoms with Crippen molar-refractivity contribution in [2.24, 2.45) is 0 Å². The van der Waals surface area contributed by atoms with Gasteiger partial charge >= 0.3 is 23.1 Å². The molecule has 0 heterocycles. The van der Waals surface area contributed by atoms with Gasteiger partial charge in [-0.1, -0.05) is 0 Å². The summed E-state index contributed by atoms with van der Waals surface area (Å²) in [7, 11) is 0. The van der Waals surface area contributed by atoms with E-state index in [4.69, 9.17) is 0 Å². The molecule has 0 nitrogen and oxygen atoms in total. The minimum atomic E-state index is 0. The average molecular weight is 133 g/mol. The van der Waals surface area contributed by atoms with Crippen LogP contribution in [0.1, 0.15) is 0 Å². The topological polar surface area (TPSA) is 0 Å². The summed E-state index contributed by atoms with van der Waals surface area (Å²) < 4.78 is 0.167. The van der Waals surface area contributed by atoms with Gasteiger partial charge in [0.15, 0.2) is 0 Å². The Hall–Kier alpha value is 1.30. The van der Waals surface area contributed by atoms with Crippen molar-refractivity contribution in [2.75, 3.05) is 0 Å². The maximum Gasteiger partial charge on any atom is 2.00 e. The van der Waals surface area contributed by atoms with Gasteiger partial charge in [0.2, 0.25) is 0 Å². The van der Waals surface area contributed by atoms with Crippen LogP contribution in [-0.4, -0.2) is 26.6 Å². The number of hydrogen-bond acceptors (Lipinski definition) is 3. The standard InChI is InChI=1S/CH2S3.Mg/c2-1(3)4;/h(H2,2,3,4);/q;+2/p-2. The monoisotopic (exact) mass is 132 g/mol. The smallest absolute Gasteiger partial charge is 0.570 e. The summed E-state index contributed by atoms with van der Waals surface area (Å²) in [5.74, 6) is 0. The van der Waals surface area contributed by atoms with Crippen LogP contribution in [0.5, 0.6) is 0 Å². The molecule has 0 saturated carbocycles. The number of hydrogen-bond donors (Lipinski definition) is 0. The van der Waals surface area contributed by atoms with E-state index in [0.717, 1.165) is 0 Å². The second-order valence-corrected chi connectivity index (χ2v) is 2.25. The fourth-order valence-corrected chi connectivity index (χ4v) is 0. The molecule has 0 N–H and O–H groups in total. The Kier molecular flexibility index (Phi) is 10.1. The molecule has 5 heavy (non-hydrogen) atoms. The second kappa shape index (κ2) is 5.30. The molecule has 0 spiro atoms. The quantitative estimate of drug-likeness (QED) is 0.258. The third-order valence-electron chi connectivity index (χ3n) is 0. The second-order valence-electron chi connectivity index (χ2n) is 0.250. The Balaban J connectivity index is 0. The molecule has 0 rings (SSSR count). The molecule has 0 unspecified atom stereocenters. The van der Waals surface area contributed by atoms with E-state index in [9.17, 15) is 0 Å². The molecular weight excluding hydrogens is 133 g/mol. The summed E-state index contributed by atoms with van der Waals surface area (Å²) in [5, 5.41) is 0. The van der Waals surface area contributed by atoms with E-state index in [-0.39, 0.29) is 26.6 Å². The molecular formula is CMgS3. The minimum absolute atomic E-state index is 0. The van der Waals surface area contributed by atoms with Crippen LogP contribution in [0.4, 0.5) is 0 Å². The minimum Gasteiger partial charge on any atom is -0.570 e. The molecule has 0 aromatic heterocycles. The van der Waals surface area contributed by atoms with Gasteiger partial charge in [0.05, 0.1) is 0 Å². The summed E-state index contributed by atoms with van der Waals surface area (Å²) in [4.78, 5) is 0. The third kappa shape index (κ3) is 34.2. The Labute approximate surface area is 63.7 Å². The zero-order valence-electron chi connectivity index (χ0n) is 2.43. The molecule has 24 valence electrons. The normalized spacial score (nSPS) is 4.80. The van der Waals surface area contributed by atoms with Crippen LogP contribution in [-0.2, 0) is 25.3 Å². The van der Waals surface area contributed by atoms with Gasteiger partial charge in [0.1, 0.15) is 0 Å². The van der Waals surface area contributed by atoms with Gasteiger partial charge < -0.3 is 37.5 Å². The van der Waals surface area contributed by atoms with Crippen molar-refractivity contribution in [2.45, 2.75) is 0 Å². The van der Waals surface area contributed by atoms with Crippen molar-refractivity contribution >= 4 is 64.1 Å². The first kappa shape index (κ1) is 9.57. The van der Waals surface area contributed by atoms with Crippen LogP contribution >= 0.6 is 12.2 Å². The van der Waals surface area contributed by atoms with E-state index in [2.05, 4.69) is 37.5 Å². The average Bonchev–Trinajstić information content (AvgIpc) is 0.811. The summed E-state index contributed by atoms with van der Waals surface area (Å²) in [6.07, 6.45) is 0. The van der Waals surface area contributed by atoms with Crippen molar-refractivity contribution in [1.82, 2.24) is 0 Å². The SMILES string of the molecule is S=C([S-])[S-].[Mg+2]. The Morgan fingerprint density at radius 2 is 1.40 bits per heavy atom. The molecule has 0 aromatic carbocycles. The van der Waals surface area contributed by atoms with Gasteiger partial charge in [-0.05, 0) is 0 Å². The van der Waals surface area contributed by atoms with Gasteiger partial charge in [-0.25, -0.2) is 0 Å². The van der Waals surface area contributed by atoms with Crippen LogP contribution in [0.15, 0.2) is 0 Å². The predicted molar refractivity (Wildman–Crippen MR) is 33.1 cm³/mol. The molecule has 0 fully saturated rings. The maximum atomic E-state index is 4.17. The van der Waals surface area contributed by atoms with Gasteiger partial charge in [-0.2, -0.15) is 0 Å². The predicted octanol–water partition coefficient (Wildman–Crippen LogP) is -0.0157. The Morgan fingerprint density at radius 1 is 1.40 bits per heavy atom. The first-order chi connectivity index (χ1) is 1.73. The zero-order chi connectivity index (χ0) is 3.58. The molecule has 0 radical (unpaired) electrons. The van der Waals surface area contributed by atoms with Gasteiger partial charge in [0, 0.05) is 0 Å². The van der Waals surface area contributed by atoms with Crippen molar-refractivity contribution < 1.29 is 0 Å². The Morgan fingerprint density at radius 3 is 1.40 bits per heavy atom. The van der Waals surface area contributed by atoms with Crippen molar-refractivity contribution in [3.05, 3.63) is 0 Å². The summed E-state index contributed by atoms with van der Waals surface area (Å²) in [6.45, 7) is 0. The molecule has 0 aliphatic rings. The van der Waals surface area contributed by atoms with E-state index in [1.54, 1.807) is 0 Å². The number of thiocarbonyl (C=S) groups is 1. The summed E-state index contributed by atoms with van der Waals surface area (Å²) in [6, 6.07) is 0. The van der Waals surface area contributed by atoms with E-state index in [1.807, 2.05) is 0 Å². The molecule has 0 bridgehead atoms. The maximum absolute atomic E-state index is 4.17. The van der Waals surface area contributed by atoms with E-state index >= 15 is 0 Å². The van der Waals surface area contributed by atoms with Crippen LogP contribution in [0, 0.1) is 0 Å². The molecule has 4 heteroatoms. The fourth-order valence-electron chi connectivity index (χ4n) is 0. The van der Waals surface area contributed by atoms with E-state index in [1.165, 1.54) is 0 Å².